The molecule has 3 heteroatoms. The predicted molar refractivity (Wildman–Crippen MR) is 57.9 cm³/mol. The molecular weight excluding hydrogens is 176 g/mol. The van der Waals surface area contributed by atoms with Gasteiger partial charge in [0.25, 0.3) is 0 Å². The topological polar surface area (TPSA) is 44.6 Å². The van der Waals surface area contributed by atoms with Gasteiger partial charge in [0.2, 0.25) is 0 Å². The van der Waals surface area contributed by atoms with Crippen LogP contribution in [-0.2, 0) is 0 Å². The van der Waals surface area contributed by atoms with Gasteiger partial charge in [-0.15, -0.1) is 0 Å². The van der Waals surface area contributed by atoms with Gasteiger partial charge >= 0.3 is 0 Å². The molecule has 1 aromatic rings. The molecule has 0 atom stereocenters. The molecule has 76 valence electrons. The maximum absolute atomic E-state index is 8.89. The highest BCUT2D eigenvalue weighted by Gasteiger charge is 2.02. The first-order chi connectivity index (χ1) is 6.69. The van der Waals surface area contributed by atoms with Crippen LogP contribution in [0.5, 0.6) is 0 Å². The maximum Gasteiger partial charge on any atom is 0.152 e. The molecule has 14 heavy (non-hydrogen) atoms. The molecule has 0 aromatic heterocycles. The summed E-state index contributed by atoms with van der Waals surface area (Å²) >= 11 is 0. The summed E-state index contributed by atoms with van der Waals surface area (Å²) in [5.74, 6) is 0.524. The summed E-state index contributed by atoms with van der Waals surface area (Å²) < 4.78 is 0. The Balaban J connectivity index is 3.06. The van der Waals surface area contributed by atoms with Crippen molar-refractivity contribution in [1.29, 1.82) is 0 Å². The van der Waals surface area contributed by atoms with E-state index >= 15 is 0 Å². The quantitative estimate of drug-likeness (QED) is 0.428. The average Bonchev–Trinajstić information content (AvgIpc) is 2.19. The zero-order valence-corrected chi connectivity index (χ0v) is 8.83. The van der Waals surface area contributed by atoms with E-state index < -0.39 is 0 Å². The minimum atomic E-state index is 0.524. The fraction of sp³-hybridized carbons (Fsp3) is 0.364. The molecule has 0 unspecified atom stereocenters. The summed E-state index contributed by atoms with van der Waals surface area (Å²) in [7, 11) is 0. The second-order valence-corrected chi connectivity index (χ2v) is 3.23. The fourth-order valence-electron chi connectivity index (χ4n) is 1.24. The van der Waals surface area contributed by atoms with E-state index in [1.54, 1.807) is 0 Å². The predicted octanol–water partition coefficient (Wildman–Crippen LogP) is 2.05. The minimum absolute atomic E-state index is 0.524. The van der Waals surface area contributed by atoms with E-state index in [2.05, 4.69) is 17.4 Å². The van der Waals surface area contributed by atoms with Crippen LogP contribution in [0, 0.1) is 13.8 Å². The van der Waals surface area contributed by atoms with Crippen molar-refractivity contribution in [2.75, 3.05) is 6.54 Å². The Hall–Kier alpha value is -1.35. The fourth-order valence-corrected chi connectivity index (χ4v) is 1.24. The van der Waals surface area contributed by atoms with E-state index in [1.807, 2.05) is 32.0 Å². The van der Waals surface area contributed by atoms with Crippen LogP contribution in [0.1, 0.15) is 23.6 Å². The van der Waals surface area contributed by atoms with Crippen LogP contribution in [0.15, 0.2) is 23.2 Å². The molecule has 0 aliphatic carbocycles. The number of rotatable bonds is 2. The van der Waals surface area contributed by atoms with Crippen molar-refractivity contribution in [3.63, 3.8) is 0 Å². The minimum Gasteiger partial charge on any atom is -0.290 e. The molecule has 1 aromatic carbocycles. The monoisotopic (exact) mass is 192 g/mol. The Bertz CT molecular complexity index is 345. The first kappa shape index (κ1) is 10.7. The van der Waals surface area contributed by atoms with Crippen LogP contribution in [0.3, 0.4) is 0 Å². The second kappa shape index (κ2) is 4.77. The number of nitrogens with zero attached hydrogens (tertiary/aromatic N) is 1. The van der Waals surface area contributed by atoms with Crippen molar-refractivity contribution in [1.82, 2.24) is 5.48 Å². The number of aliphatic imine (C=N–C) groups is 1. The summed E-state index contributed by atoms with van der Waals surface area (Å²) in [6, 6.07) is 5.97. The highest BCUT2D eigenvalue weighted by molar-refractivity contribution is 5.98. The molecular formula is C11H16N2O. The van der Waals surface area contributed by atoms with Gasteiger partial charge in [-0.1, -0.05) is 12.1 Å². The van der Waals surface area contributed by atoms with E-state index in [9.17, 15) is 0 Å². The van der Waals surface area contributed by atoms with Crippen LogP contribution in [0.4, 0.5) is 0 Å². The third-order valence-corrected chi connectivity index (χ3v) is 2.20. The number of hydrogen-bond acceptors (Lipinski definition) is 2. The van der Waals surface area contributed by atoms with Crippen molar-refractivity contribution >= 4 is 5.84 Å². The molecule has 0 spiro atoms. The third-order valence-electron chi connectivity index (χ3n) is 2.20. The molecule has 2 N–H and O–H groups in total. The molecule has 0 bridgehead atoms. The van der Waals surface area contributed by atoms with E-state index in [4.69, 9.17) is 5.21 Å². The van der Waals surface area contributed by atoms with Gasteiger partial charge < -0.3 is 0 Å². The van der Waals surface area contributed by atoms with E-state index in [0.29, 0.717) is 12.4 Å². The van der Waals surface area contributed by atoms with Crippen LogP contribution in [0.25, 0.3) is 0 Å². The van der Waals surface area contributed by atoms with Gasteiger partial charge in [-0.2, -0.15) is 0 Å². The highest BCUT2D eigenvalue weighted by atomic mass is 16.5. The Morgan fingerprint density at radius 2 is 2.07 bits per heavy atom. The first-order valence-electron chi connectivity index (χ1n) is 4.71. The summed E-state index contributed by atoms with van der Waals surface area (Å²) in [5, 5.41) is 8.89. The Morgan fingerprint density at radius 3 is 2.57 bits per heavy atom. The van der Waals surface area contributed by atoms with E-state index in [0.717, 1.165) is 5.56 Å². The van der Waals surface area contributed by atoms with Crippen LogP contribution >= 0.6 is 0 Å². The lowest BCUT2D eigenvalue weighted by Gasteiger charge is -2.07. The zero-order valence-electron chi connectivity index (χ0n) is 8.83. The number of nitrogens with one attached hydrogen (secondary N) is 1. The van der Waals surface area contributed by atoms with Crippen LogP contribution in [0.2, 0.25) is 0 Å². The number of hydrogen-bond donors (Lipinski definition) is 2. The molecule has 0 aliphatic heterocycles. The number of amidine groups is 1. The molecule has 1 rings (SSSR count). The van der Waals surface area contributed by atoms with Crippen molar-refractivity contribution in [3.05, 3.63) is 34.9 Å². The highest BCUT2D eigenvalue weighted by Crippen LogP contribution is 2.09. The van der Waals surface area contributed by atoms with Crippen molar-refractivity contribution in [2.45, 2.75) is 20.8 Å². The lowest BCUT2D eigenvalue weighted by molar-refractivity contribution is 0.234. The molecule has 0 saturated carbocycles. The van der Waals surface area contributed by atoms with E-state index in [-0.39, 0.29) is 0 Å². The maximum atomic E-state index is 8.89. The summed E-state index contributed by atoms with van der Waals surface area (Å²) in [6.07, 6.45) is 0. The Labute approximate surface area is 84.4 Å². The average molecular weight is 192 g/mol. The normalized spacial score (nSPS) is 11.6. The lowest BCUT2D eigenvalue weighted by Crippen LogP contribution is -2.20. The van der Waals surface area contributed by atoms with Crippen molar-refractivity contribution < 1.29 is 5.21 Å². The number of aryl methyl sites for hydroxylation is 2. The Morgan fingerprint density at radius 1 is 1.36 bits per heavy atom. The molecule has 0 amide bonds. The van der Waals surface area contributed by atoms with Gasteiger partial charge in [-0.25, -0.2) is 0 Å². The molecule has 0 aliphatic rings. The summed E-state index contributed by atoms with van der Waals surface area (Å²) in [5.41, 5.74) is 5.46. The SMILES string of the molecule is CCN=C(NO)c1ccc(C)c(C)c1. The number of hydroxylamine groups is 1. The summed E-state index contributed by atoms with van der Waals surface area (Å²) in [6.45, 7) is 6.68. The second-order valence-electron chi connectivity index (χ2n) is 3.23. The molecule has 0 heterocycles. The lowest BCUT2D eigenvalue weighted by atomic mass is 10.1. The number of benzene rings is 1. The van der Waals surface area contributed by atoms with Gasteiger partial charge in [0.05, 0.1) is 0 Å². The van der Waals surface area contributed by atoms with Gasteiger partial charge in [-0.3, -0.25) is 15.7 Å². The van der Waals surface area contributed by atoms with Gasteiger partial charge in [0.15, 0.2) is 5.84 Å². The van der Waals surface area contributed by atoms with Gasteiger partial charge in [0.1, 0.15) is 0 Å². The van der Waals surface area contributed by atoms with Crippen molar-refractivity contribution in [2.24, 2.45) is 4.99 Å². The molecule has 0 fully saturated rings. The smallest absolute Gasteiger partial charge is 0.152 e. The molecule has 0 saturated heterocycles. The largest absolute Gasteiger partial charge is 0.290 e. The van der Waals surface area contributed by atoms with Crippen LogP contribution in [-0.4, -0.2) is 17.6 Å². The standard InChI is InChI=1S/C11H16N2O/c1-4-12-11(13-14)10-6-5-8(2)9(3)7-10/h5-7,14H,4H2,1-3H3,(H,12,13). The summed E-state index contributed by atoms with van der Waals surface area (Å²) in [4.78, 5) is 4.14. The van der Waals surface area contributed by atoms with Gasteiger partial charge in [-0.05, 0) is 38.0 Å². The van der Waals surface area contributed by atoms with Crippen LogP contribution < -0.4 is 5.48 Å². The third kappa shape index (κ3) is 2.33. The van der Waals surface area contributed by atoms with Crippen molar-refractivity contribution in [3.8, 4) is 0 Å². The van der Waals surface area contributed by atoms with Gasteiger partial charge in [0, 0.05) is 12.1 Å². The zero-order chi connectivity index (χ0) is 10.6. The Kier molecular flexibility index (Phi) is 3.65. The molecule has 3 nitrogen and oxygen atoms in total. The van der Waals surface area contributed by atoms with E-state index in [1.165, 1.54) is 11.1 Å². The first-order valence-corrected chi connectivity index (χ1v) is 4.71. The molecule has 0 radical (unpaired) electrons.